The van der Waals surface area contributed by atoms with Crippen molar-refractivity contribution >= 4 is 24.7 Å². The molecule has 0 aromatic carbocycles. The number of rotatable bonds is 2. The maximum atomic E-state index is 3.73. The van der Waals surface area contributed by atoms with E-state index in [9.17, 15) is 0 Å². The molecule has 1 heterocycles. The standard InChI is InChI=1S/C9H11I/c1-3-5-9-8(2)6-4-7-10-9/h3-4,6-7H,1,5H2,2H3. The zero-order valence-corrected chi connectivity index (χ0v) is 8.26. The van der Waals surface area contributed by atoms with E-state index in [0.717, 1.165) is 6.42 Å². The van der Waals surface area contributed by atoms with Gasteiger partial charge in [0.05, 0.1) is 0 Å². The number of allylic oxidation sites excluding steroid dienone is 5. The third-order valence-corrected chi connectivity index (χ3v) is 4.18. The summed E-state index contributed by atoms with van der Waals surface area (Å²) in [6.45, 7) is 5.92. The molecular weight excluding hydrogens is 235 g/mol. The van der Waals surface area contributed by atoms with Crippen molar-refractivity contribution in [3.8, 4) is 0 Å². The van der Waals surface area contributed by atoms with Gasteiger partial charge in [0.15, 0.2) is 0 Å². The highest BCUT2D eigenvalue weighted by Gasteiger charge is 1.96. The second-order valence-corrected chi connectivity index (χ2v) is 4.82. The summed E-state index contributed by atoms with van der Waals surface area (Å²) in [7, 11) is 0. The Labute approximate surface area is 72.1 Å². The van der Waals surface area contributed by atoms with E-state index >= 15 is 0 Å². The predicted molar refractivity (Wildman–Crippen MR) is 56.7 cm³/mol. The Balaban J connectivity index is 2.81. The summed E-state index contributed by atoms with van der Waals surface area (Å²) >= 11 is 0.199. The molecule has 1 aliphatic heterocycles. The van der Waals surface area contributed by atoms with E-state index in [1.165, 1.54) is 5.57 Å². The summed E-state index contributed by atoms with van der Waals surface area (Å²) in [5, 5.41) is 0. The fourth-order valence-electron chi connectivity index (χ4n) is 0.802. The van der Waals surface area contributed by atoms with Gasteiger partial charge in [0.25, 0.3) is 0 Å². The molecule has 0 amide bonds. The molecule has 0 nitrogen and oxygen atoms in total. The average Bonchev–Trinajstić information content (AvgIpc) is 1.94. The minimum Gasteiger partial charge on any atom is -0.103 e. The quantitative estimate of drug-likeness (QED) is 0.518. The van der Waals surface area contributed by atoms with Crippen LogP contribution in [0.4, 0.5) is 0 Å². The lowest BCUT2D eigenvalue weighted by molar-refractivity contribution is 1.33. The van der Waals surface area contributed by atoms with Crippen LogP contribution in [0.3, 0.4) is 0 Å². The number of hydrogen-bond acceptors (Lipinski definition) is 0. The topological polar surface area (TPSA) is 0 Å². The lowest BCUT2D eigenvalue weighted by Gasteiger charge is -2.03. The molecule has 0 bridgehead atoms. The highest BCUT2D eigenvalue weighted by Crippen LogP contribution is 2.25. The van der Waals surface area contributed by atoms with Crippen molar-refractivity contribution in [3.63, 3.8) is 0 Å². The number of hydrogen-bond donors (Lipinski definition) is 0. The fourth-order valence-corrected chi connectivity index (χ4v) is 2.89. The predicted octanol–water partition coefficient (Wildman–Crippen LogP) is 3.18. The van der Waals surface area contributed by atoms with Crippen LogP contribution in [-0.2, 0) is 0 Å². The molecule has 0 radical (unpaired) electrons. The Morgan fingerprint density at radius 2 is 2.50 bits per heavy atom. The molecule has 0 aromatic heterocycles. The van der Waals surface area contributed by atoms with Gasteiger partial charge in [-0.05, 0) is 26.5 Å². The zero-order chi connectivity index (χ0) is 7.40. The van der Waals surface area contributed by atoms with Gasteiger partial charge in [0, 0.05) is 0 Å². The van der Waals surface area contributed by atoms with Gasteiger partial charge >= 0.3 is 0 Å². The van der Waals surface area contributed by atoms with Gasteiger partial charge in [0.1, 0.15) is 0 Å². The van der Waals surface area contributed by atoms with Crippen molar-refractivity contribution in [1.82, 2.24) is 0 Å². The minimum atomic E-state index is 0.199. The molecular formula is C9H11I. The molecule has 0 atom stereocenters. The molecule has 1 aliphatic rings. The van der Waals surface area contributed by atoms with Crippen molar-refractivity contribution in [1.29, 1.82) is 0 Å². The van der Waals surface area contributed by atoms with Crippen LogP contribution in [0.5, 0.6) is 0 Å². The minimum absolute atomic E-state index is 0.199. The van der Waals surface area contributed by atoms with Crippen molar-refractivity contribution < 1.29 is 0 Å². The highest BCUT2D eigenvalue weighted by molar-refractivity contribution is 14.2. The smallest absolute Gasteiger partial charge is 0.00431 e. The van der Waals surface area contributed by atoms with Crippen LogP contribution in [0, 0.1) is 0 Å². The molecule has 0 N–H and O–H groups in total. The summed E-state index contributed by atoms with van der Waals surface area (Å²) in [5.41, 5.74) is 1.45. The zero-order valence-electron chi connectivity index (χ0n) is 6.10. The lowest BCUT2D eigenvalue weighted by Crippen LogP contribution is -1.80. The SMILES string of the molecule is C=CCC1=C(C)C=CC=I1. The molecule has 0 saturated heterocycles. The summed E-state index contributed by atoms with van der Waals surface area (Å²) in [6.07, 6.45) is 7.42. The maximum absolute atomic E-state index is 3.73. The van der Waals surface area contributed by atoms with Crippen molar-refractivity contribution in [2.75, 3.05) is 0 Å². The summed E-state index contributed by atoms with van der Waals surface area (Å²) < 4.78 is 3.90. The van der Waals surface area contributed by atoms with E-state index in [2.05, 4.69) is 29.7 Å². The van der Waals surface area contributed by atoms with Crippen LogP contribution in [0.25, 0.3) is 0 Å². The van der Waals surface area contributed by atoms with Crippen LogP contribution in [-0.4, -0.2) is 4.01 Å². The first kappa shape index (κ1) is 7.92. The van der Waals surface area contributed by atoms with Crippen LogP contribution >= 0.6 is 20.7 Å². The Hall–Kier alpha value is -0.180. The fraction of sp³-hybridized carbons (Fsp3) is 0.222. The van der Waals surface area contributed by atoms with Gasteiger partial charge in [-0.2, -0.15) is 0 Å². The molecule has 0 aromatic rings. The first-order valence-electron chi connectivity index (χ1n) is 3.28. The van der Waals surface area contributed by atoms with Gasteiger partial charge in [-0.25, -0.2) is 0 Å². The van der Waals surface area contributed by atoms with E-state index in [0.29, 0.717) is 0 Å². The van der Waals surface area contributed by atoms with Gasteiger partial charge in [0.2, 0.25) is 0 Å². The molecule has 0 aliphatic carbocycles. The lowest BCUT2D eigenvalue weighted by atomic mass is 10.2. The van der Waals surface area contributed by atoms with Crippen LogP contribution in [0.1, 0.15) is 13.3 Å². The summed E-state index contributed by atoms with van der Waals surface area (Å²) in [5.74, 6) is 0. The second-order valence-electron chi connectivity index (χ2n) is 2.17. The van der Waals surface area contributed by atoms with E-state index < -0.39 is 0 Å². The summed E-state index contributed by atoms with van der Waals surface area (Å²) in [4.78, 5) is 0. The second kappa shape index (κ2) is 3.86. The van der Waals surface area contributed by atoms with Crippen molar-refractivity contribution in [2.24, 2.45) is 0 Å². The Morgan fingerprint density at radius 3 is 3.10 bits per heavy atom. The van der Waals surface area contributed by atoms with Crippen molar-refractivity contribution in [3.05, 3.63) is 34.0 Å². The van der Waals surface area contributed by atoms with Gasteiger partial charge in [-0.1, -0.05) is 39.0 Å². The van der Waals surface area contributed by atoms with Gasteiger partial charge < -0.3 is 0 Å². The molecule has 54 valence electrons. The summed E-state index contributed by atoms with van der Waals surface area (Å²) in [6, 6.07) is 0. The molecule has 0 unspecified atom stereocenters. The first-order chi connectivity index (χ1) is 4.84. The van der Waals surface area contributed by atoms with E-state index in [4.69, 9.17) is 0 Å². The van der Waals surface area contributed by atoms with E-state index in [1.807, 2.05) is 6.08 Å². The van der Waals surface area contributed by atoms with Crippen LogP contribution < -0.4 is 0 Å². The maximum Gasteiger partial charge on any atom is -0.00431 e. The van der Waals surface area contributed by atoms with Crippen LogP contribution in [0.15, 0.2) is 34.0 Å². The largest absolute Gasteiger partial charge is 0.103 e. The van der Waals surface area contributed by atoms with Gasteiger partial charge in [-0.3, -0.25) is 0 Å². The Bertz CT molecular complexity index is 219. The van der Waals surface area contributed by atoms with Gasteiger partial charge in [-0.15, -0.1) is 6.58 Å². The highest BCUT2D eigenvalue weighted by atomic mass is 127. The first-order valence-corrected chi connectivity index (χ1v) is 5.61. The molecule has 0 spiro atoms. The molecule has 1 rings (SSSR count). The molecule has 10 heavy (non-hydrogen) atoms. The Kier molecular flexibility index (Phi) is 3.06. The average molecular weight is 246 g/mol. The number of halogens is 1. The molecule has 0 fully saturated rings. The van der Waals surface area contributed by atoms with Crippen LogP contribution in [0.2, 0.25) is 0 Å². The normalized spacial score (nSPS) is 16.9. The molecule has 1 heteroatoms. The monoisotopic (exact) mass is 246 g/mol. The van der Waals surface area contributed by atoms with E-state index in [1.54, 1.807) is 3.58 Å². The van der Waals surface area contributed by atoms with E-state index in [-0.39, 0.29) is 20.7 Å². The Morgan fingerprint density at radius 1 is 1.70 bits per heavy atom. The third-order valence-electron chi connectivity index (χ3n) is 1.37. The molecule has 0 saturated carbocycles. The van der Waals surface area contributed by atoms with Crippen molar-refractivity contribution in [2.45, 2.75) is 13.3 Å². The third kappa shape index (κ3) is 1.90.